The summed E-state index contributed by atoms with van der Waals surface area (Å²) in [5.41, 5.74) is 1.32. The smallest absolute Gasteiger partial charge is 0.122 e. The van der Waals surface area contributed by atoms with Gasteiger partial charge in [-0.2, -0.15) is 0 Å². The van der Waals surface area contributed by atoms with E-state index >= 15 is 0 Å². The summed E-state index contributed by atoms with van der Waals surface area (Å²) >= 11 is 0. The van der Waals surface area contributed by atoms with Crippen molar-refractivity contribution in [3.63, 3.8) is 0 Å². The van der Waals surface area contributed by atoms with E-state index in [9.17, 15) is 0 Å². The first kappa shape index (κ1) is 14.6. The van der Waals surface area contributed by atoms with E-state index < -0.39 is 0 Å². The van der Waals surface area contributed by atoms with E-state index in [0.29, 0.717) is 0 Å². The van der Waals surface area contributed by atoms with Crippen molar-refractivity contribution in [2.45, 2.75) is 64.6 Å². The highest BCUT2D eigenvalue weighted by molar-refractivity contribution is 5.16. The Labute approximate surface area is 117 Å². The van der Waals surface area contributed by atoms with Gasteiger partial charge in [-0.05, 0) is 38.9 Å². The normalized spacial score (nSPS) is 17.2. The second-order valence-corrected chi connectivity index (χ2v) is 5.75. The van der Waals surface area contributed by atoms with Gasteiger partial charge >= 0.3 is 0 Å². The number of nitrogens with zero attached hydrogens (tertiary/aromatic N) is 1. The molecule has 19 heavy (non-hydrogen) atoms. The molecule has 0 radical (unpaired) electrons. The van der Waals surface area contributed by atoms with Crippen molar-refractivity contribution in [1.29, 1.82) is 0 Å². The Hall–Kier alpha value is -0.800. The molecule has 0 bridgehead atoms. The van der Waals surface area contributed by atoms with Gasteiger partial charge < -0.3 is 9.73 Å². The molecule has 1 saturated carbocycles. The summed E-state index contributed by atoms with van der Waals surface area (Å²) in [6.45, 7) is 5.14. The van der Waals surface area contributed by atoms with E-state index in [4.69, 9.17) is 4.42 Å². The van der Waals surface area contributed by atoms with E-state index in [1.54, 1.807) is 0 Å². The monoisotopic (exact) mass is 264 g/mol. The van der Waals surface area contributed by atoms with Gasteiger partial charge in [-0.3, -0.25) is 4.90 Å². The Bertz CT molecular complexity index is 355. The van der Waals surface area contributed by atoms with Gasteiger partial charge in [0.2, 0.25) is 0 Å². The molecule has 3 heteroatoms. The number of hydrogen-bond acceptors (Lipinski definition) is 3. The molecule has 0 amide bonds. The summed E-state index contributed by atoms with van der Waals surface area (Å²) in [5.74, 6) is 1.14. The van der Waals surface area contributed by atoms with Gasteiger partial charge in [-0.15, -0.1) is 0 Å². The molecule has 0 spiro atoms. The molecular weight excluding hydrogens is 236 g/mol. The zero-order chi connectivity index (χ0) is 13.5. The lowest BCUT2D eigenvalue weighted by Crippen LogP contribution is -2.33. The molecule has 1 aliphatic rings. The molecule has 108 valence electrons. The third-order valence-electron chi connectivity index (χ3n) is 4.17. The van der Waals surface area contributed by atoms with Crippen LogP contribution >= 0.6 is 0 Å². The predicted molar refractivity (Wildman–Crippen MR) is 79.0 cm³/mol. The van der Waals surface area contributed by atoms with Crippen LogP contribution in [0.3, 0.4) is 0 Å². The van der Waals surface area contributed by atoms with Crippen LogP contribution in [0.2, 0.25) is 0 Å². The van der Waals surface area contributed by atoms with Gasteiger partial charge in [-0.1, -0.05) is 26.2 Å². The molecule has 2 rings (SSSR count). The SMILES string of the molecule is CCCNCc1ccoc1CN(C)C1CCCCC1. The van der Waals surface area contributed by atoms with Crippen LogP contribution < -0.4 is 5.32 Å². The first-order valence-corrected chi connectivity index (χ1v) is 7.77. The number of nitrogens with one attached hydrogen (secondary N) is 1. The number of furan rings is 1. The Morgan fingerprint density at radius 2 is 2.11 bits per heavy atom. The molecule has 1 aliphatic carbocycles. The predicted octanol–water partition coefficient (Wildman–Crippen LogP) is 3.54. The first-order valence-electron chi connectivity index (χ1n) is 7.77. The molecule has 1 heterocycles. The topological polar surface area (TPSA) is 28.4 Å². The summed E-state index contributed by atoms with van der Waals surface area (Å²) in [5, 5.41) is 3.45. The van der Waals surface area contributed by atoms with E-state index in [2.05, 4.69) is 30.3 Å². The maximum atomic E-state index is 5.68. The summed E-state index contributed by atoms with van der Waals surface area (Å²) < 4.78 is 5.68. The lowest BCUT2D eigenvalue weighted by Gasteiger charge is -2.30. The van der Waals surface area contributed by atoms with Gasteiger partial charge in [0, 0.05) is 18.2 Å². The van der Waals surface area contributed by atoms with E-state index in [0.717, 1.165) is 31.4 Å². The first-order chi connectivity index (χ1) is 9.31. The van der Waals surface area contributed by atoms with Crippen LogP contribution in [0.5, 0.6) is 0 Å². The van der Waals surface area contributed by atoms with E-state index in [1.165, 1.54) is 44.1 Å². The summed E-state index contributed by atoms with van der Waals surface area (Å²) in [4.78, 5) is 2.47. The zero-order valence-corrected chi connectivity index (χ0v) is 12.5. The molecule has 1 N–H and O–H groups in total. The van der Waals surface area contributed by atoms with Crippen LogP contribution in [0.25, 0.3) is 0 Å². The maximum absolute atomic E-state index is 5.68. The zero-order valence-electron chi connectivity index (χ0n) is 12.5. The van der Waals surface area contributed by atoms with Crippen molar-refractivity contribution < 1.29 is 4.42 Å². The fraction of sp³-hybridized carbons (Fsp3) is 0.750. The van der Waals surface area contributed by atoms with Gasteiger partial charge in [-0.25, -0.2) is 0 Å². The Balaban J connectivity index is 1.85. The van der Waals surface area contributed by atoms with Gasteiger partial charge in [0.15, 0.2) is 0 Å². The molecule has 0 atom stereocenters. The van der Waals surface area contributed by atoms with Crippen molar-refractivity contribution in [1.82, 2.24) is 10.2 Å². The van der Waals surface area contributed by atoms with Gasteiger partial charge in [0.05, 0.1) is 12.8 Å². The molecule has 0 aromatic carbocycles. The van der Waals surface area contributed by atoms with Crippen LogP contribution in [0.1, 0.15) is 56.8 Å². The highest BCUT2D eigenvalue weighted by Crippen LogP contribution is 2.23. The quantitative estimate of drug-likeness (QED) is 0.764. The largest absolute Gasteiger partial charge is 0.468 e. The molecule has 1 aromatic heterocycles. The number of hydrogen-bond donors (Lipinski definition) is 1. The average molecular weight is 264 g/mol. The van der Waals surface area contributed by atoms with Gasteiger partial charge in [0.1, 0.15) is 5.76 Å². The summed E-state index contributed by atoms with van der Waals surface area (Å²) in [7, 11) is 2.24. The van der Waals surface area contributed by atoms with Crippen LogP contribution in [0.4, 0.5) is 0 Å². The molecule has 1 fully saturated rings. The van der Waals surface area contributed by atoms with E-state index in [1.807, 2.05) is 6.26 Å². The maximum Gasteiger partial charge on any atom is 0.122 e. The minimum absolute atomic E-state index is 0.746. The average Bonchev–Trinajstić information content (AvgIpc) is 2.87. The minimum atomic E-state index is 0.746. The second-order valence-electron chi connectivity index (χ2n) is 5.75. The third-order valence-corrected chi connectivity index (χ3v) is 4.17. The van der Waals surface area contributed by atoms with Crippen molar-refractivity contribution in [2.24, 2.45) is 0 Å². The highest BCUT2D eigenvalue weighted by atomic mass is 16.3. The number of rotatable bonds is 7. The Morgan fingerprint density at radius 1 is 1.32 bits per heavy atom. The van der Waals surface area contributed by atoms with Crippen molar-refractivity contribution in [3.05, 3.63) is 23.7 Å². The molecule has 1 aromatic rings. The Morgan fingerprint density at radius 3 is 2.84 bits per heavy atom. The fourth-order valence-corrected chi connectivity index (χ4v) is 2.94. The molecule has 0 aliphatic heterocycles. The van der Waals surface area contributed by atoms with Gasteiger partial charge in [0.25, 0.3) is 0 Å². The standard InChI is InChI=1S/C16H28N2O/c1-3-10-17-12-14-9-11-19-16(14)13-18(2)15-7-5-4-6-8-15/h9,11,15,17H,3-8,10,12-13H2,1-2H3. The lowest BCUT2D eigenvalue weighted by molar-refractivity contribution is 0.172. The van der Waals surface area contributed by atoms with Crippen LogP contribution in [-0.4, -0.2) is 24.5 Å². The third kappa shape index (κ3) is 4.36. The van der Waals surface area contributed by atoms with Crippen molar-refractivity contribution in [3.8, 4) is 0 Å². The van der Waals surface area contributed by atoms with Crippen molar-refractivity contribution >= 4 is 0 Å². The fourth-order valence-electron chi connectivity index (χ4n) is 2.94. The summed E-state index contributed by atoms with van der Waals surface area (Å²) in [6.07, 6.45) is 9.89. The Kier molecular flexibility index (Phi) is 5.93. The van der Waals surface area contributed by atoms with Crippen molar-refractivity contribution in [2.75, 3.05) is 13.6 Å². The minimum Gasteiger partial charge on any atom is -0.468 e. The van der Waals surface area contributed by atoms with Crippen LogP contribution in [0.15, 0.2) is 16.7 Å². The van der Waals surface area contributed by atoms with Crippen LogP contribution in [-0.2, 0) is 13.1 Å². The van der Waals surface area contributed by atoms with E-state index in [-0.39, 0.29) is 0 Å². The molecular formula is C16H28N2O. The molecule has 0 unspecified atom stereocenters. The molecule has 3 nitrogen and oxygen atoms in total. The molecule has 0 saturated heterocycles. The lowest BCUT2D eigenvalue weighted by atomic mass is 9.94. The highest BCUT2D eigenvalue weighted by Gasteiger charge is 2.19. The summed E-state index contributed by atoms with van der Waals surface area (Å²) in [6, 6.07) is 2.85. The van der Waals surface area contributed by atoms with Crippen LogP contribution in [0, 0.1) is 0 Å². The second kappa shape index (κ2) is 7.71.